The van der Waals surface area contributed by atoms with E-state index in [4.69, 9.17) is 18.4 Å². The van der Waals surface area contributed by atoms with Crippen molar-refractivity contribution in [3.05, 3.63) is 30.3 Å². The van der Waals surface area contributed by atoms with E-state index in [9.17, 15) is 8.42 Å². The molecule has 0 radical (unpaired) electrons. The average Bonchev–Trinajstić information content (AvgIpc) is 2.80. The second-order valence-electron chi connectivity index (χ2n) is 7.96. The molecule has 186 valence electrons. The lowest BCUT2D eigenvalue weighted by Crippen LogP contribution is -2.14. The standard InChI is InChI=1S/C25H44O6S/c1-2-3-4-5-6-7-8-9-10-11-15-18-28-19-20-29-21-22-30-23-24-31-32(26,27)25-16-13-12-14-17-25/h12-14,16-17H,2-11,15,18-24H2,1H3. The maximum absolute atomic E-state index is 11.9. The molecular weight excluding hydrogens is 428 g/mol. The molecule has 0 atom stereocenters. The molecule has 0 N–H and O–H groups in total. The van der Waals surface area contributed by atoms with E-state index in [1.54, 1.807) is 18.2 Å². The molecule has 0 saturated heterocycles. The van der Waals surface area contributed by atoms with Crippen molar-refractivity contribution in [2.45, 2.75) is 82.4 Å². The molecule has 7 heteroatoms. The van der Waals surface area contributed by atoms with Gasteiger partial charge in [-0.2, -0.15) is 8.42 Å². The number of hydrogen-bond acceptors (Lipinski definition) is 6. The summed E-state index contributed by atoms with van der Waals surface area (Å²) >= 11 is 0. The smallest absolute Gasteiger partial charge is 0.297 e. The molecule has 1 rings (SSSR count). The van der Waals surface area contributed by atoms with E-state index in [0.29, 0.717) is 26.4 Å². The summed E-state index contributed by atoms with van der Waals surface area (Å²) < 4.78 is 45.1. The van der Waals surface area contributed by atoms with Crippen LogP contribution < -0.4 is 0 Å². The third kappa shape index (κ3) is 16.6. The average molecular weight is 473 g/mol. The van der Waals surface area contributed by atoms with Crippen molar-refractivity contribution in [3.8, 4) is 0 Å². The fourth-order valence-electron chi connectivity index (χ4n) is 3.27. The van der Waals surface area contributed by atoms with Crippen LogP contribution in [0.2, 0.25) is 0 Å². The fraction of sp³-hybridized carbons (Fsp3) is 0.760. The van der Waals surface area contributed by atoms with Crippen LogP contribution in [0.4, 0.5) is 0 Å². The zero-order valence-electron chi connectivity index (χ0n) is 20.0. The molecule has 1 aromatic carbocycles. The molecule has 0 aliphatic carbocycles. The lowest BCUT2D eigenvalue weighted by Gasteiger charge is -2.08. The third-order valence-corrected chi connectivity index (χ3v) is 6.46. The summed E-state index contributed by atoms with van der Waals surface area (Å²) in [7, 11) is -3.71. The van der Waals surface area contributed by atoms with Gasteiger partial charge in [0, 0.05) is 6.61 Å². The van der Waals surface area contributed by atoms with Crippen LogP contribution in [0, 0.1) is 0 Å². The monoisotopic (exact) mass is 472 g/mol. The van der Waals surface area contributed by atoms with E-state index >= 15 is 0 Å². The quantitative estimate of drug-likeness (QED) is 0.149. The maximum atomic E-state index is 11.9. The second-order valence-corrected chi connectivity index (χ2v) is 9.58. The Bertz CT molecular complexity index is 621. The highest BCUT2D eigenvalue weighted by Gasteiger charge is 2.13. The zero-order chi connectivity index (χ0) is 23.2. The van der Waals surface area contributed by atoms with Crippen molar-refractivity contribution in [1.29, 1.82) is 0 Å². The molecule has 1 aromatic rings. The molecule has 0 unspecified atom stereocenters. The first kappa shape index (κ1) is 29.0. The summed E-state index contributed by atoms with van der Waals surface area (Å²) in [4.78, 5) is 0.150. The topological polar surface area (TPSA) is 71.1 Å². The van der Waals surface area contributed by atoms with Gasteiger partial charge in [-0.25, -0.2) is 0 Å². The molecule has 0 heterocycles. The molecule has 0 aromatic heterocycles. The Kier molecular flexibility index (Phi) is 18.7. The fourth-order valence-corrected chi connectivity index (χ4v) is 4.18. The number of hydrogen-bond donors (Lipinski definition) is 0. The second kappa shape index (κ2) is 20.6. The molecule has 0 aliphatic heterocycles. The summed E-state index contributed by atoms with van der Waals surface area (Å²) in [5.41, 5.74) is 0. The van der Waals surface area contributed by atoms with Crippen molar-refractivity contribution in [3.63, 3.8) is 0 Å². The van der Waals surface area contributed by atoms with Gasteiger partial charge in [0.1, 0.15) is 0 Å². The Morgan fingerprint density at radius 1 is 0.562 bits per heavy atom. The number of ether oxygens (including phenoxy) is 3. The molecule has 0 fully saturated rings. The van der Waals surface area contributed by atoms with Crippen molar-refractivity contribution in [2.24, 2.45) is 0 Å². The van der Waals surface area contributed by atoms with Crippen LogP contribution in [-0.2, 0) is 28.5 Å². The minimum atomic E-state index is -3.71. The molecular formula is C25H44O6S. The largest absolute Gasteiger partial charge is 0.379 e. The van der Waals surface area contributed by atoms with E-state index in [-0.39, 0.29) is 18.1 Å². The SMILES string of the molecule is CCCCCCCCCCCCCOCCOCCOCCOS(=O)(=O)c1ccccc1. The summed E-state index contributed by atoms with van der Waals surface area (Å²) in [6.45, 7) is 5.23. The van der Waals surface area contributed by atoms with Gasteiger partial charge in [-0.1, -0.05) is 89.3 Å². The first-order chi connectivity index (χ1) is 15.7. The minimum absolute atomic E-state index is 0.0146. The van der Waals surface area contributed by atoms with Crippen LogP contribution in [0.25, 0.3) is 0 Å². The van der Waals surface area contributed by atoms with Gasteiger partial charge in [0.25, 0.3) is 10.1 Å². The summed E-state index contributed by atoms with van der Waals surface area (Å²) in [5, 5.41) is 0. The van der Waals surface area contributed by atoms with Crippen LogP contribution in [0.1, 0.15) is 77.6 Å². The van der Waals surface area contributed by atoms with Gasteiger partial charge < -0.3 is 14.2 Å². The summed E-state index contributed by atoms with van der Waals surface area (Å²) in [6.07, 6.45) is 14.7. The van der Waals surface area contributed by atoms with Crippen molar-refractivity contribution in [1.82, 2.24) is 0 Å². The van der Waals surface area contributed by atoms with Crippen LogP contribution in [-0.4, -0.2) is 54.7 Å². The number of benzene rings is 1. The van der Waals surface area contributed by atoms with E-state index in [1.165, 1.54) is 76.3 Å². The Balaban J connectivity index is 1.76. The number of rotatable bonds is 23. The van der Waals surface area contributed by atoms with Crippen LogP contribution in [0.15, 0.2) is 35.2 Å². The molecule has 0 spiro atoms. The van der Waals surface area contributed by atoms with E-state index in [2.05, 4.69) is 6.92 Å². The normalized spacial score (nSPS) is 11.8. The Morgan fingerprint density at radius 3 is 1.53 bits per heavy atom. The minimum Gasteiger partial charge on any atom is -0.379 e. The van der Waals surface area contributed by atoms with E-state index < -0.39 is 10.1 Å². The highest BCUT2D eigenvalue weighted by molar-refractivity contribution is 7.86. The first-order valence-electron chi connectivity index (χ1n) is 12.3. The van der Waals surface area contributed by atoms with Gasteiger partial charge in [0.05, 0.1) is 44.5 Å². The summed E-state index contributed by atoms with van der Waals surface area (Å²) in [5.74, 6) is 0. The lowest BCUT2D eigenvalue weighted by atomic mass is 10.1. The van der Waals surface area contributed by atoms with Crippen molar-refractivity contribution in [2.75, 3.05) is 46.2 Å². The van der Waals surface area contributed by atoms with Gasteiger partial charge in [-0.15, -0.1) is 0 Å². The van der Waals surface area contributed by atoms with Crippen LogP contribution in [0.3, 0.4) is 0 Å². The highest BCUT2D eigenvalue weighted by atomic mass is 32.2. The lowest BCUT2D eigenvalue weighted by molar-refractivity contribution is 0.00912. The van der Waals surface area contributed by atoms with Crippen LogP contribution in [0.5, 0.6) is 0 Å². The molecule has 32 heavy (non-hydrogen) atoms. The highest BCUT2D eigenvalue weighted by Crippen LogP contribution is 2.12. The van der Waals surface area contributed by atoms with Gasteiger partial charge in [0.15, 0.2) is 0 Å². The van der Waals surface area contributed by atoms with E-state index in [0.717, 1.165) is 13.0 Å². The summed E-state index contributed by atoms with van der Waals surface area (Å²) in [6, 6.07) is 8.08. The van der Waals surface area contributed by atoms with Crippen molar-refractivity contribution >= 4 is 10.1 Å². The molecule has 0 amide bonds. The Hall–Kier alpha value is -0.990. The van der Waals surface area contributed by atoms with Gasteiger partial charge in [-0.05, 0) is 18.6 Å². The Morgan fingerprint density at radius 2 is 1.00 bits per heavy atom. The number of unbranched alkanes of at least 4 members (excludes halogenated alkanes) is 10. The zero-order valence-corrected chi connectivity index (χ0v) is 20.8. The molecule has 0 bridgehead atoms. The van der Waals surface area contributed by atoms with Gasteiger partial charge >= 0.3 is 0 Å². The van der Waals surface area contributed by atoms with Crippen LogP contribution >= 0.6 is 0 Å². The maximum Gasteiger partial charge on any atom is 0.297 e. The predicted molar refractivity (Wildman–Crippen MR) is 128 cm³/mol. The molecule has 0 aliphatic rings. The van der Waals surface area contributed by atoms with Gasteiger partial charge in [-0.3, -0.25) is 4.18 Å². The van der Waals surface area contributed by atoms with E-state index in [1.807, 2.05) is 0 Å². The first-order valence-corrected chi connectivity index (χ1v) is 13.8. The van der Waals surface area contributed by atoms with Gasteiger partial charge in [0.2, 0.25) is 0 Å². The third-order valence-electron chi connectivity index (χ3n) is 5.13. The molecule has 0 saturated carbocycles. The van der Waals surface area contributed by atoms with Crippen molar-refractivity contribution < 1.29 is 26.8 Å². The predicted octanol–water partition coefficient (Wildman–Crippen LogP) is 5.75. The Labute approximate surface area is 196 Å². The molecule has 6 nitrogen and oxygen atoms in total.